The molecule has 5 nitrogen and oxygen atoms in total. The van der Waals surface area contributed by atoms with E-state index in [1.54, 1.807) is 30.1 Å². The Kier molecular flexibility index (Phi) is 5.47. The van der Waals surface area contributed by atoms with Gasteiger partial charge in [0.05, 0.1) is 4.90 Å². The molecule has 0 bridgehead atoms. The van der Waals surface area contributed by atoms with Gasteiger partial charge in [-0.05, 0) is 43.5 Å². The van der Waals surface area contributed by atoms with Crippen molar-refractivity contribution in [2.75, 3.05) is 18.5 Å². The van der Waals surface area contributed by atoms with Gasteiger partial charge in [-0.1, -0.05) is 20.3 Å². The molecule has 0 fully saturated rings. The van der Waals surface area contributed by atoms with Gasteiger partial charge < -0.3 is 4.90 Å². The van der Waals surface area contributed by atoms with Crippen LogP contribution in [0.5, 0.6) is 0 Å². The van der Waals surface area contributed by atoms with Gasteiger partial charge in [0.25, 0.3) is 0 Å². The zero-order chi connectivity index (χ0) is 17.2. The van der Waals surface area contributed by atoms with Gasteiger partial charge in [-0.2, -0.15) is 0 Å². The first-order valence-corrected chi connectivity index (χ1v) is 9.68. The Labute approximate surface area is 139 Å². The van der Waals surface area contributed by atoms with E-state index >= 15 is 0 Å². The average Bonchev–Trinajstić information content (AvgIpc) is 2.86. The van der Waals surface area contributed by atoms with Crippen molar-refractivity contribution >= 4 is 21.6 Å². The quantitative estimate of drug-likeness (QED) is 0.801. The highest BCUT2D eigenvalue weighted by Crippen LogP contribution is 2.34. The Bertz CT molecular complexity index is 685. The molecule has 0 radical (unpaired) electrons. The van der Waals surface area contributed by atoms with Crippen LogP contribution in [-0.2, 0) is 21.2 Å². The largest absolute Gasteiger partial charge is 0.309 e. The van der Waals surface area contributed by atoms with E-state index < -0.39 is 10.0 Å². The predicted octanol–water partition coefficient (Wildman–Crippen LogP) is 2.79. The molecule has 1 aliphatic rings. The number of carbonyl (C=O) groups is 1. The Morgan fingerprint density at radius 3 is 2.65 bits per heavy atom. The van der Waals surface area contributed by atoms with Crippen molar-refractivity contribution in [2.24, 2.45) is 0 Å². The van der Waals surface area contributed by atoms with Crippen molar-refractivity contribution in [2.45, 2.75) is 57.4 Å². The summed E-state index contributed by atoms with van der Waals surface area (Å²) >= 11 is 0. The van der Waals surface area contributed by atoms with Crippen LogP contribution < -0.4 is 4.90 Å². The van der Waals surface area contributed by atoms with E-state index in [9.17, 15) is 13.2 Å². The van der Waals surface area contributed by atoms with Gasteiger partial charge in [0.2, 0.25) is 15.9 Å². The van der Waals surface area contributed by atoms with Gasteiger partial charge in [0, 0.05) is 31.7 Å². The molecule has 1 aromatic rings. The number of amides is 1. The Hall–Kier alpha value is -1.40. The molecule has 0 saturated carbocycles. The first-order chi connectivity index (χ1) is 10.8. The fourth-order valence-electron chi connectivity index (χ4n) is 3.00. The highest BCUT2D eigenvalue weighted by atomic mass is 32.2. The maximum Gasteiger partial charge on any atom is 0.242 e. The first-order valence-electron chi connectivity index (χ1n) is 8.24. The third kappa shape index (κ3) is 3.43. The van der Waals surface area contributed by atoms with Crippen LogP contribution in [0.15, 0.2) is 23.1 Å². The second kappa shape index (κ2) is 7.01. The molecule has 2 rings (SSSR count). The molecule has 0 aliphatic carbocycles. The number of carbonyl (C=O) groups excluding carboxylic acids is 1. The lowest BCUT2D eigenvalue weighted by atomic mass is 10.1. The molecule has 1 aromatic carbocycles. The van der Waals surface area contributed by atoms with Crippen molar-refractivity contribution in [3.63, 3.8) is 0 Å². The smallest absolute Gasteiger partial charge is 0.242 e. The van der Waals surface area contributed by atoms with Crippen molar-refractivity contribution < 1.29 is 13.2 Å². The summed E-state index contributed by atoms with van der Waals surface area (Å²) in [5, 5.41) is 0. The standard InChI is InChI=1S/C17H26N2O3S/c1-5-7-10-18(4)23(21,22)15-8-9-16-14(12-15)11-13(3)19(16)17(20)6-2/h8-9,12-13H,5-7,10-11H2,1-4H3. The zero-order valence-corrected chi connectivity index (χ0v) is 15.2. The minimum absolute atomic E-state index is 0.0759. The summed E-state index contributed by atoms with van der Waals surface area (Å²) in [5.74, 6) is 0.0759. The summed E-state index contributed by atoms with van der Waals surface area (Å²) in [4.78, 5) is 14.2. The van der Waals surface area contributed by atoms with E-state index in [0.29, 0.717) is 24.3 Å². The molecule has 128 valence electrons. The van der Waals surface area contributed by atoms with Crippen molar-refractivity contribution in [1.29, 1.82) is 0 Å². The lowest BCUT2D eigenvalue weighted by molar-refractivity contribution is -0.118. The highest BCUT2D eigenvalue weighted by Gasteiger charge is 2.31. The number of benzene rings is 1. The number of anilines is 1. The fraction of sp³-hybridized carbons (Fsp3) is 0.588. The van der Waals surface area contributed by atoms with Gasteiger partial charge in [0.1, 0.15) is 0 Å². The van der Waals surface area contributed by atoms with Crippen LogP contribution in [0.2, 0.25) is 0 Å². The van der Waals surface area contributed by atoms with Crippen LogP contribution in [-0.4, -0.2) is 38.3 Å². The summed E-state index contributed by atoms with van der Waals surface area (Å²) in [6.45, 7) is 6.40. The van der Waals surface area contributed by atoms with E-state index in [0.717, 1.165) is 24.1 Å². The Balaban J connectivity index is 2.33. The summed E-state index contributed by atoms with van der Waals surface area (Å²) in [7, 11) is -1.84. The maximum absolute atomic E-state index is 12.6. The molecule has 6 heteroatoms. The molecule has 0 saturated heterocycles. The molecule has 1 unspecified atom stereocenters. The van der Waals surface area contributed by atoms with Gasteiger partial charge in [0.15, 0.2) is 0 Å². The highest BCUT2D eigenvalue weighted by molar-refractivity contribution is 7.89. The summed E-state index contributed by atoms with van der Waals surface area (Å²) in [5.41, 5.74) is 1.78. The molecule has 1 aliphatic heterocycles. The third-order valence-corrected chi connectivity index (χ3v) is 6.23. The van der Waals surface area contributed by atoms with Crippen molar-refractivity contribution in [3.05, 3.63) is 23.8 Å². The predicted molar refractivity (Wildman–Crippen MR) is 92.1 cm³/mol. The average molecular weight is 338 g/mol. The normalized spacial score (nSPS) is 17.6. The van der Waals surface area contributed by atoms with E-state index in [1.165, 1.54) is 4.31 Å². The van der Waals surface area contributed by atoms with Gasteiger partial charge in [-0.15, -0.1) is 0 Å². The molecule has 23 heavy (non-hydrogen) atoms. The number of fused-ring (bicyclic) bond motifs is 1. The molecular formula is C17H26N2O3S. The number of sulfonamides is 1. The Morgan fingerprint density at radius 1 is 1.35 bits per heavy atom. The molecule has 0 N–H and O–H groups in total. The first kappa shape index (κ1) is 17.9. The second-order valence-electron chi connectivity index (χ2n) is 6.14. The summed E-state index contributed by atoms with van der Waals surface area (Å²) in [6.07, 6.45) is 2.94. The van der Waals surface area contributed by atoms with E-state index in [1.807, 2.05) is 20.8 Å². The van der Waals surface area contributed by atoms with E-state index in [2.05, 4.69) is 0 Å². The maximum atomic E-state index is 12.6. The second-order valence-corrected chi connectivity index (χ2v) is 8.19. The van der Waals surface area contributed by atoms with Gasteiger partial charge in [-0.3, -0.25) is 4.79 Å². The minimum atomic E-state index is -3.46. The van der Waals surface area contributed by atoms with Crippen LogP contribution >= 0.6 is 0 Å². The Morgan fingerprint density at radius 2 is 2.04 bits per heavy atom. The molecule has 1 heterocycles. The number of hydrogen-bond donors (Lipinski definition) is 0. The summed E-state index contributed by atoms with van der Waals surface area (Å²) in [6, 6.07) is 5.19. The zero-order valence-electron chi connectivity index (χ0n) is 14.4. The fourth-order valence-corrected chi connectivity index (χ4v) is 4.26. The third-order valence-electron chi connectivity index (χ3n) is 4.37. The van der Waals surface area contributed by atoms with Crippen molar-refractivity contribution in [1.82, 2.24) is 4.31 Å². The van der Waals surface area contributed by atoms with Crippen molar-refractivity contribution in [3.8, 4) is 0 Å². The van der Waals surface area contributed by atoms with Crippen LogP contribution in [0.25, 0.3) is 0 Å². The molecule has 0 spiro atoms. The van der Waals surface area contributed by atoms with Crippen LogP contribution in [0.4, 0.5) is 5.69 Å². The monoisotopic (exact) mass is 338 g/mol. The lowest BCUT2D eigenvalue weighted by Gasteiger charge is -2.22. The molecule has 0 aromatic heterocycles. The number of nitrogens with zero attached hydrogens (tertiary/aromatic N) is 2. The van der Waals surface area contributed by atoms with Gasteiger partial charge in [-0.25, -0.2) is 12.7 Å². The number of hydrogen-bond acceptors (Lipinski definition) is 3. The summed E-state index contributed by atoms with van der Waals surface area (Å²) < 4.78 is 26.7. The van der Waals surface area contributed by atoms with Crippen LogP contribution in [0.3, 0.4) is 0 Å². The van der Waals surface area contributed by atoms with Crippen LogP contribution in [0, 0.1) is 0 Å². The minimum Gasteiger partial charge on any atom is -0.309 e. The molecular weight excluding hydrogens is 312 g/mol. The van der Waals surface area contributed by atoms with E-state index in [-0.39, 0.29) is 11.9 Å². The SMILES string of the molecule is CCCCN(C)S(=O)(=O)c1ccc2c(c1)CC(C)N2C(=O)CC. The number of rotatable bonds is 6. The molecule has 1 atom stereocenters. The van der Waals surface area contributed by atoms with Gasteiger partial charge >= 0.3 is 0 Å². The number of unbranched alkanes of at least 4 members (excludes halogenated alkanes) is 1. The van der Waals surface area contributed by atoms with E-state index in [4.69, 9.17) is 0 Å². The van der Waals surface area contributed by atoms with Crippen LogP contribution in [0.1, 0.15) is 45.6 Å². The molecule has 1 amide bonds. The topological polar surface area (TPSA) is 57.7 Å². The lowest BCUT2D eigenvalue weighted by Crippen LogP contribution is -2.35.